The van der Waals surface area contributed by atoms with Crippen molar-refractivity contribution in [3.05, 3.63) is 23.8 Å². The van der Waals surface area contributed by atoms with Crippen molar-refractivity contribution in [3.63, 3.8) is 0 Å². The number of esters is 1. The van der Waals surface area contributed by atoms with Crippen LogP contribution in [-0.2, 0) is 9.53 Å². The number of aliphatic hydroxyl groups excluding tert-OH is 1. The Morgan fingerprint density at radius 2 is 2.00 bits per heavy atom. The molecule has 0 heterocycles. The van der Waals surface area contributed by atoms with E-state index in [9.17, 15) is 9.90 Å². The van der Waals surface area contributed by atoms with E-state index in [0.717, 1.165) is 38.5 Å². The lowest BCUT2D eigenvalue weighted by Gasteiger charge is -2.57. The number of ether oxygens (including phenoxy) is 1. The molecule has 0 aliphatic heterocycles. The molecule has 3 heteroatoms. The number of rotatable bonds is 2. The average Bonchev–Trinajstić information content (AvgIpc) is 2.56. The lowest BCUT2D eigenvalue weighted by molar-refractivity contribution is -0.164. The topological polar surface area (TPSA) is 46.5 Å². The van der Waals surface area contributed by atoms with Crippen molar-refractivity contribution >= 4 is 5.97 Å². The van der Waals surface area contributed by atoms with Crippen LogP contribution in [0.4, 0.5) is 0 Å². The maximum absolute atomic E-state index is 12.6. The zero-order valence-electron chi connectivity index (χ0n) is 15.7. The maximum Gasteiger partial charge on any atom is 0.311 e. The van der Waals surface area contributed by atoms with Gasteiger partial charge >= 0.3 is 5.97 Å². The normalized spacial score (nSPS) is 45.2. The SMILES string of the molecule is C=C[C@@]1(C)CCC2=C(C1)[C@H](O)C[C@@H]1[C@](C)(C(=O)OC)CCC[C@@]21C. The monoisotopic (exact) mass is 332 g/mol. The highest BCUT2D eigenvalue weighted by molar-refractivity contribution is 5.77. The summed E-state index contributed by atoms with van der Waals surface area (Å²) in [6, 6.07) is 0. The van der Waals surface area contributed by atoms with Gasteiger partial charge in [-0.2, -0.15) is 0 Å². The molecule has 3 nitrogen and oxygen atoms in total. The van der Waals surface area contributed by atoms with Crippen molar-refractivity contribution < 1.29 is 14.6 Å². The van der Waals surface area contributed by atoms with Gasteiger partial charge in [0.05, 0.1) is 18.6 Å². The molecule has 134 valence electrons. The fourth-order valence-electron chi connectivity index (χ4n) is 5.95. The van der Waals surface area contributed by atoms with Crippen LogP contribution in [0.3, 0.4) is 0 Å². The van der Waals surface area contributed by atoms with Crippen LogP contribution in [0.5, 0.6) is 0 Å². The molecular formula is C21H32O3. The first-order valence-corrected chi connectivity index (χ1v) is 9.33. The highest BCUT2D eigenvalue weighted by atomic mass is 16.5. The Morgan fingerprint density at radius 3 is 2.62 bits per heavy atom. The number of fused-ring (bicyclic) bond motifs is 2. The molecular weight excluding hydrogens is 300 g/mol. The molecule has 0 bridgehead atoms. The van der Waals surface area contributed by atoms with Crippen molar-refractivity contribution in [1.29, 1.82) is 0 Å². The van der Waals surface area contributed by atoms with E-state index in [0.29, 0.717) is 6.42 Å². The molecule has 3 aliphatic carbocycles. The fourth-order valence-corrected chi connectivity index (χ4v) is 5.95. The molecule has 0 aromatic heterocycles. The second-order valence-corrected chi connectivity index (χ2v) is 9.02. The van der Waals surface area contributed by atoms with Crippen LogP contribution in [0.1, 0.15) is 65.7 Å². The smallest absolute Gasteiger partial charge is 0.311 e. The van der Waals surface area contributed by atoms with Gasteiger partial charge < -0.3 is 9.84 Å². The molecule has 1 fully saturated rings. The molecule has 1 saturated carbocycles. The Morgan fingerprint density at radius 1 is 1.29 bits per heavy atom. The minimum atomic E-state index is -0.486. The highest BCUT2D eigenvalue weighted by Gasteiger charge is 2.58. The van der Waals surface area contributed by atoms with E-state index in [2.05, 4.69) is 33.4 Å². The van der Waals surface area contributed by atoms with Crippen molar-refractivity contribution in [2.24, 2.45) is 22.2 Å². The van der Waals surface area contributed by atoms with E-state index in [1.54, 1.807) is 0 Å². The fraction of sp³-hybridized carbons (Fsp3) is 0.762. The van der Waals surface area contributed by atoms with Crippen LogP contribution in [0, 0.1) is 22.2 Å². The predicted octanol–water partition coefficient (Wildman–Crippen LogP) is 4.41. The third-order valence-electron chi connectivity index (χ3n) is 7.55. The number of allylic oxidation sites excluding steroid dienone is 2. The van der Waals surface area contributed by atoms with Gasteiger partial charge in [-0.05, 0) is 67.8 Å². The Balaban J connectivity index is 2.06. The molecule has 24 heavy (non-hydrogen) atoms. The highest BCUT2D eigenvalue weighted by Crippen LogP contribution is 2.63. The van der Waals surface area contributed by atoms with Gasteiger partial charge in [0.2, 0.25) is 0 Å². The second kappa shape index (κ2) is 5.72. The summed E-state index contributed by atoms with van der Waals surface area (Å²) in [4.78, 5) is 12.6. The van der Waals surface area contributed by atoms with Gasteiger partial charge in [-0.1, -0.05) is 31.9 Å². The van der Waals surface area contributed by atoms with Gasteiger partial charge in [0.1, 0.15) is 0 Å². The van der Waals surface area contributed by atoms with Crippen LogP contribution < -0.4 is 0 Å². The molecule has 0 aromatic carbocycles. The summed E-state index contributed by atoms with van der Waals surface area (Å²) in [5.74, 6) is 0.0504. The molecule has 0 saturated heterocycles. The van der Waals surface area contributed by atoms with E-state index in [4.69, 9.17) is 4.74 Å². The first-order chi connectivity index (χ1) is 11.2. The van der Waals surface area contributed by atoms with Gasteiger partial charge in [0.15, 0.2) is 0 Å². The zero-order valence-corrected chi connectivity index (χ0v) is 15.7. The number of hydrogen-bond acceptors (Lipinski definition) is 3. The van der Waals surface area contributed by atoms with Crippen LogP contribution in [0.25, 0.3) is 0 Å². The third kappa shape index (κ3) is 2.39. The van der Waals surface area contributed by atoms with E-state index >= 15 is 0 Å². The zero-order chi connectivity index (χ0) is 17.8. The molecule has 1 N–H and O–H groups in total. The lowest BCUT2D eigenvalue weighted by atomic mass is 9.47. The number of carbonyl (C=O) groups excluding carboxylic acids is 1. The van der Waals surface area contributed by atoms with Gasteiger partial charge in [0.25, 0.3) is 0 Å². The van der Waals surface area contributed by atoms with Gasteiger partial charge in [0, 0.05) is 0 Å². The van der Waals surface area contributed by atoms with Crippen LogP contribution in [0.15, 0.2) is 23.8 Å². The van der Waals surface area contributed by atoms with Crippen molar-refractivity contribution in [3.8, 4) is 0 Å². The van der Waals surface area contributed by atoms with E-state index in [1.165, 1.54) is 18.3 Å². The number of methoxy groups -OCH3 is 1. The molecule has 0 aromatic rings. The lowest BCUT2D eigenvalue weighted by Crippen LogP contribution is -2.54. The first-order valence-electron chi connectivity index (χ1n) is 9.33. The van der Waals surface area contributed by atoms with E-state index in [1.807, 2.05) is 0 Å². The summed E-state index contributed by atoms with van der Waals surface area (Å²) in [5, 5.41) is 10.9. The number of hydrogen-bond donors (Lipinski definition) is 1. The quantitative estimate of drug-likeness (QED) is 0.602. The van der Waals surface area contributed by atoms with Crippen LogP contribution in [0.2, 0.25) is 0 Å². The molecule has 0 amide bonds. The minimum absolute atomic E-state index is 0.0122. The molecule has 0 unspecified atom stereocenters. The third-order valence-corrected chi connectivity index (χ3v) is 7.55. The van der Waals surface area contributed by atoms with Crippen molar-refractivity contribution in [2.75, 3.05) is 7.11 Å². The van der Waals surface area contributed by atoms with Gasteiger partial charge in [-0.15, -0.1) is 6.58 Å². The van der Waals surface area contributed by atoms with Crippen molar-refractivity contribution in [1.82, 2.24) is 0 Å². The van der Waals surface area contributed by atoms with Gasteiger partial charge in [-0.3, -0.25) is 4.79 Å². The summed E-state index contributed by atoms with van der Waals surface area (Å²) in [7, 11) is 1.49. The van der Waals surface area contributed by atoms with Crippen LogP contribution in [-0.4, -0.2) is 24.3 Å². The molecule has 5 atom stereocenters. The second-order valence-electron chi connectivity index (χ2n) is 9.02. The Bertz CT molecular complexity index is 592. The average molecular weight is 332 g/mol. The Kier molecular flexibility index (Phi) is 4.23. The number of aliphatic hydroxyl groups is 1. The van der Waals surface area contributed by atoms with Crippen molar-refractivity contribution in [2.45, 2.75) is 71.8 Å². The molecule has 0 spiro atoms. The Labute approximate surface area is 146 Å². The minimum Gasteiger partial charge on any atom is -0.469 e. The summed E-state index contributed by atoms with van der Waals surface area (Å²) in [6.07, 6.45) is 8.32. The summed E-state index contributed by atoms with van der Waals surface area (Å²) >= 11 is 0. The molecule has 0 radical (unpaired) electrons. The maximum atomic E-state index is 12.6. The standard InChI is InChI=1S/C21H32O3/c1-6-19(2)11-8-15-14(13-19)16(22)12-17-20(15,3)9-7-10-21(17,4)18(23)24-5/h6,16-17,22H,1,7-13H2,2-5H3/t16-,17+,19+,20+,21-/m1/s1. The molecule has 3 rings (SSSR count). The molecule has 3 aliphatic rings. The summed E-state index contributed by atoms with van der Waals surface area (Å²) < 4.78 is 5.16. The van der Waals surface area contributed by atoms with E-state index in [-0.39, 0.29) is 22.7 Å². The summed E-state index contributed by atoms with van der Waals surface area (Å²) in [5.41, 5.74) is 2.28. The van der Waals surface area contributed by atoms with E-state index < -0.39 is 11.5 Å². The summed E-state index contributed by atoms with van der Waals surface area (Å²) in [6.45, 7) is 10.6. The first kappa shape index (κ1) is 17.7. The largest absolute Gasteiger partial charge is 0.469 e. The predicted molar refractivity (Wildman–Crippen MR) is 95.4 cm³/mol. The van der Waals surface area contributed by atoms with Crippen LogP contribution >= 0.6 is 0 Å². The number of carbonyl (C=O) groups is 1. The Hall–Kier alpha value is -1.09. The van der Waals surface area contributed by atoms with Gasteiger partial charge in [-0.25, -0.2) is 0 Å².